The first-order valence-corrected chi connectivity index (χ1v) is 6.21. The van der Waals surface area contributed by atoms with Gasteiger partial charge in [-0.25, -0.2) is 0 Å². The van der Waals surface area contributed by atoms with Crippen LogP contribution in [0.4, 0.5) is 5.69 Å². The Morgan fingerprint density at radius 2 is 2.10 bits per heavy atom. The van der Waals surface area contributed by atoms with Gasteiger partial charge in [-0.3, -0.25) is 10.1 Å². The quantitative estimate of drug-likeness (QED) is 0.459. The van der Waals surface area contributed by atoms with E-state index in [-0.39, 0.29) is 35.9 Å². The van der Waals surface area contributed by atoms with Gasteiger partial charge >= 0.3 is 5.69 Å². The lowest BCUT2D eigenvalue weighted by Gasteiger charge is -2.12. The summed E-state index contributed by atoms with van der Waals surface area (Å²) in [7, 11) is 0. The van der Waals surface area contributed by atoms with Crippen molar-refractivity contribution in [3.8, 4) is 0 Å². The van der Waals surface area contributed by atoms with Gasteiger partial charge in [-0.2, -0.15) is 0 Å². The molecule has 1 aromatic heterocycles. The van der Waals surface area contributed by atoms with Crippen LogP contribution in [0.15, 0.2) is 34.9 Å². The van der Waals surface area contributed by atoms with Gasteiger partial charge in [0.2, 0.25) is 5.76 Å². The fourth-order valence-corrected chi connectivity index (χ4v) is 2.18. The van der Waals surface area contributed by atoms with Crippen LogP contribution in [-0.2, 0) is 11.2 Å². The number of carbonyl (C=O) groups is 1. The number of carbonyl (C=O) groups excluding carboxylic acids is 1. The van der Waals surface area contributed by atoms with E-state index in [1.54, 1.807) is 0 Å². The molecule has 0 radical (unpaired) electrons. The van der Waals surface area contributed by atoms with Crippen molar-refractivity contribution in [1.29, 1.82) is 0 Å². The van der Waals surface area contributed by atoms with Crippen LogP contribution in [0.5, 0.6) is 0 Å². The van der Waals surface area contributed by atoms with Crippen molar-refractivity contribution in [3.05, 3.63) is 57.5 Å². The maximum atomic E-state index is 11.0. The van der Waals surface area contributed by atoms with E-state index in [0.29, 0.717) is 0 Å². The summed E-state index contributed by atoms with van der Waals surface area (Å²) in [5.41, 5.74) is 1.10. The second-order valence-corrected chi connectivity index (χ2v) is 4.51. The number of nitro groups is 1. The lowest BCUT2D eigenvalue weighted by atomic mass is 9.91. The van der Waals surface area contributed by atoms with E-state index in [0.717, 1.165) is 11.8 Å². The van der Waals surface area contributed by atoms with Crippen molar-refractivity contribution >= 4 is 12.0 Å². The molecule has 6 nitrogen and oxygen atoms in total. The van der Waals surface area contributed by atoms with Crippen molar-refractivity contribution in [2.45, 2.75) is 25.7 Å². The Balaban J connectivity index is 2.30. The van der Waals surface area contributed by atoms with Crippen molar-refractivity contribution in [1.82, 2.24) is 5.16 Å². The summed E-state index contributed by atoms with van der Waals surface area (Å²) in [6, 6.07) is 9.40. The summed E-state index contributed by atoms with van der Waals surface area (Å²) in [6.07, 6.45) is 1.37. The number of aromatic nitrogens is 1. The van der Waals surface area contributed by atoms with Crippen LogP contribution >= 0.6 is 0 Å². The molecular weight excluding hydrogens is 260 g/mol. The smallest absolute Gasteiger partial charge is 0.334 e. The van der Waals surface area contributed by atoms with Crippen LogP contribution in [0.2, 0.25) is 0 Å². The summed E-state index contributed by atoms with van der Waals surface area (Å²) in [4.78, 5) is 21.3. The predicted molar refractivity (Wildman–Crippen MR) is 71.5 cm³/mol. The molecule has 1 heterocycles. The van der Waals surface area contributed by atoms with Crippen LogP contribution in [0.25, 0.3) is 0 Å². The molecule has 0 aliphatic carbocycles. The summed E-state index contributed by atoms with van der Waals surface area (Å²) < 4.78 is 5.05. The highest BCUT2D eigenvalue weighted by molar-refractivity contribution is 5.52. The molecule has 0 saturated heterocycles. The van der Waals surface area contributed by atoms with Crippen LogP contribution < -0.4 is 0 Å². The number of aldehydes is 1. The van der Waals surface area contributed by atoms with Crippen molar-refractivity contribution in [2.75, 3.05) is 0 Å². The van der Waals surface area contributed by atoms with Crippen LogP contribution in [0.1, 0.15) is 29.4 Å². The molecule has 6 heteroatoms. The van der Waals surface area contributed by atoms with Gasteiger partial charge in [0, 0.05) is 12.8 Å². The number of rotatable bonds is 6. The maximum Gasteiger partial charge on any atom is 0.334 e. The average Bonchev–Trinajstić information content (AvgIpc) is 2.80. The standard InChI is InChI=1S/C14H14N2O4/c1-10-14(16(18)19)13(20-15-10)9-12(7-8-17)11-5-3-2-4-6-11/h2-6,8,12H,7,9H2,1H3/t12-/m1/s1. The van der Waals surface area contributed by atoms with Gasteiger partial charge in [0.25, 0.3) is 0 Å². The second-order valence-electron chi connectivity index (χ2n) is 4.51. The highest BCUT2D eigenvalue weighted by Crippen LogP contribution is 2.30. The Bertz CT molecular complexity index is 607. The third-order valence-electron chi connectivity index (χ3n) is 3.17. The van der Waals surface area contributed by atoms with Crippen molar-refractivity contribution in [2.24, 2.45) is 0 Å². The molecule has 0 fully saturated rings. The molecule has 0 N–H and O–H groups in total. The van der Waals surface area contributed by atoms with E-state index in [4.69, 9.17) is 4.52 Å². The number of hydrogen-bond acceptors (Lipinski definition) is 5. The molecule has 1 atom stereocenters. The predicted octanol–water partition coefficient (Wildman–Crippen LogP) is 2.81. The molecular formula is C14H14N2O4. The van der Waals surface area contributed by atoms with E-state index in [1.165, 1.54) is 6.92 Å². The zero-order valence-corrected chi connectivity index (χ0v) is 11.0. The Morgan fingerprint density at radius 1 is 1.40 bits per heavy atom. The number of nitrogens with zero attached hydrogens (tertiary/aromatic N) is 2. The number of benzene rings is 1. The number of hydrogen-bond donors (Lipinski definition) is 0. The molecule has 0 saturated carbocycles. The summed E-state index contributed by atoms with van der Waals surface area (Å²) in [5, 5.41) is 14.7. The molecule has 0 bridgehead atoms. The van der Waals surface area contributed by atoms with Crippen LogP contribution in [-0.4, -0.2) is 16.4 Å². The molecule has 2 aromatic rings. The van der Waals surface area contributed by atoms with E-state index < -0.39 is 4.92 Å². The lowest BCUT2D eigenvalue weighted by molar-refractivity contribution is -0.386. The topological polar surface area (TPSA) is 86.2 Å². The van der Waals surface area contributed by atoms with E-state index in [9.17, 15) is 14.9 Å². The normalized spacial score (nSPS) is 12.1. The third kappa shape index (κ3) is 2.90. The molecule has 20 heavy (non-hydrogen) atoms. The SMILES string of the molecule is Cc1noc(C[C@@H](CC=O)c2ccccc2)c1[N+](=O)[O-]. The molecule has 0 spiro atoms. The largest absolute Gasteiger partial charge is 0.354 e. The van der Waals surface area contributed by atoms with Gasteiger partial charge in [0.15, 0.2) is 5.69 Å². The highest BCUT2D eigenvalue weighted by Gasteiger charge is 2.27. The molecule has 104 valence electrons. The Kier molecular flexibility index (Phi) is 4.24. The van der Waals surface area contributed by atoms with E-state index in [1.807, 2.05) is 30.3 Å². The van der Waals surface area contributed by atoms with Crippen molar-refractivity contribution < 1.29 is 14.2 Å². The van der Waals surface area contributed by atoms with E-state index >= 15 is 0 Å². The third-order valence-corrected chi connectivity index (χ3v) is 3.17. The summed E-state index contributed by atoms with van der Waals surface area (Å²) >= 11 is 0. The van der Waals surface area contributed by atoms with Gasteiger partial charge in [-0.15, -0.1) is 0 Å². The zero-order valence-electron chi connectivity index (χ0n) is 11.0. The Labute approximate surface area is 115 Å². The minimum Gasteiger partial charge on any atom is -0.354 e. The lowest BCUT2D eigenvalue weighted by Crippen LogP contribution is -2.05. The Hall–Kier alpha value is -2.50. The molecule has 0 amide bonds. The van der Waals surface area contributed by atoms with Gasteiger partial charge in [0.05, 0.1) is 4.92 Å². The molecule has 1 aromatic carbocycles. The first-order valence-electron chi connectivity index (χ1n) is 6.21. The van der Waals surface area contributed by atoms with Gasteiger partial charge in [0.1, 0.15) is 6.29 Å². The van der Waals surface area contributed by atoms with Crippen molar-refractivity contribution in [3.63, 3.8) is 0 Å². The minimum absolute atomic E-state index is 0.100. The van der Waals surface area contributed by atoms with Crippen LogP contribution in [0, 0.1) is 17.0 Å². The molecule has 0 unspecified atom stereocenters. The van der Waals surface area contributed by atoms with E-state index in [2.05, 4.69) is 5.16 Å². The molecule has 0 aliphatic heterocycles. The fourth-order valence-electron chi connectivity index (χ4n) is 2.18. The highest BCUT2D eigenvalue weighted by atomic mass is 16.6. The Morgan fingerprint density at radius 3 is 2.70 bits per heavy atom. The molecule has 0 aliphatic rings. The fraction of sp³-hybridized carbons (Fsp3) is 0.286. The van der Waals surface area contributed by atoms with Gasteiger partial charge in [-0.1, -0.05) is 35.5 Å². The van der Waals surface area contributed by atoms with Gasteiger partial charge < -0.3 is 9.32 Å². The zero-order chi connectivity index (χ0) is 14.5. The minimum atomic E-state index is -0.496. The first kappa shape index (κ1) is 13.9. The first-order chi connectivity index (χ1) is 9.63. The maximum absolute atomic E-state index is 11.0. The van der Waals surface area contributed by atoms with Crippen LogP contribution in [0.3, 0.4) is 0 Å². The number of aryl methyl sites for hydroxylation is 1. The summed E-state index contributed by atoms with van der Waals surface area (Å²) in [6.45, 7) is 1.53. The summed E-state index contributed by atoms with van der Waals surface area (Å²) in [5.74, 6) is 0.0583. The average molecular weight is 274 g/mol. The molecule has 2 rings (SSSR count). The monoisotopic (exact) mass is 274 g/mol. The van der Waals surface area contributed by atoms with Gasteiger partial charge in [-0.05, 0) is 18.4 Å². The second kappa shape index (κ2) is 6.10.